The molecule has 0 saturated heterocycles. The lowest BCUT2D eigenvalue weighted by molar-refractivity contribution is 0.335. The topological polar surface area (TPSA) is 70.5 Å². The standard InChI is InChI=1S/C24H4F16N2O2/c25-3-1(4(26)14(36)21(13(3)35)43-23-17(39)9(31)7(29)11(33)19(23)41)2-5(27)15(37)22(16(38)6(2)28)44-24-18(40)10(32)8(30)12(34)20(24)42/h41-42H2. The van der Waals surface area contributed by atoms with Crippen LogP contribution in [0.3, 0.4) is 0 Å². The molecule has 0 saturated carbocycles. The number of ether oxygens (including phenoxy) is 2. The van der Waals surface area contributed by atoms with Gasteiger partial charge in [0.25, 0.3) is 0 Å². The SMILES string of the molecule is Nc1c(F)c(F)c(F)c(F)c1Oc1c(F)c(F)c(-c2c(F)c(F)c(Oc3c(N)c(F)c(F)c(F)c3F)c(F)c2F)c(F)c1F. The summed E-state index contributed by atoms with van der Waals surface area (Å²) in [4.78, 5) is 0. The summed E-state index contributed by atoms with van der Waals surface area (Å²) in [5.74, 6) is -53.0. The highest BCUT2D eigenvalue weighted by Gasteiger charge is 2.37. The first-order valence-electron chi connectivity index (χ1n) is 10.7. The van der Waals surface area contributed by atoms with Crippen LogP contribution in [-0.4, -0.2) is 0 Å². The maximum atomic E-state index is 14.8. The number of anilines is 2. The van der Waals surface area contributed by atoms with Gasteiger partial charge in [0.2, 0.25) is 58.0 Å². The third kappa shape index (κ3) is 4.51. The second-order valence-corrected chi connectivity index (χ2v) is 8.12. The van der Waals surface area contributed by atoms with E-state index in [1.54, 1.807) is 0 Å². The third-order valence-electron chi connectivity index (χ3n) is 5.62. The summed E-state index contributed by atoms with van der Waals surface area (Å²) in [6.45, 7) is 0. The fraction of sp³-hybridized carbons (Fsp3) is 0. The van der Waals surface area contributed by atoms with Crippen LogP contribution in [0.2, 0.25) is 0 Å². The molecule has 0 atom stereocenters. The zero-order valence-electron chi connectivity index (χ0n) is 20.0. The summed E-state index contributed by atoms with van der Waals surface area (Å²) in [7, 11) is 0. The van der Waals surface area contributed by atoms with E-state index in [1.165, 1.54) is 0 Å². The molecule has 234 valence electrons. The molecule has 0 aliphatic rings. The molecule has 0 aliphatic carbocycles. The van der Waals surface area contributed by atoms with Crippen molar-refractivity contribution in [3.05, 3.63) is 93.1 Å². The Labute approximate surface area is 230 Å². The Hall–Kier alpha value is -5.04. The Bertz CT molecular complexity index is 1660. The molecule has 0 heterocycles. The molecule has 0 unspecified atom stereocenters. The van der Waals surface area contributed by atoms with Gasteiger partial charge in [-0.15, -0.1) is 0 Å². The molecule has 44 heavy (non-hydrogen) atoms. The first-order valence-corrected chi connectivity index (χ1v) is 10.7. The van der Waals surface area contributed by atoms with Gasteiger partial charge in [-0.1, -0.05) is 0 Å². The van der Waals surface area contributed by atoms with Crippen LogP contribution in [0.15, 0.2) is 0 Å². The van der Waals surface area contributed by atoms with Crippen molar-refractivity contribution in [3.63, 3.8) is 0 Å². The Morgan fingerprint density at radius 3 is 0.705 bits per heavy atom. The van der Waals surface area contributed by atoms with E-state index in [0.717, 1.165) is 0 Å². The predicted molar refractivity (Wildman–Crippen MR) is 113 cm³/mol. The molecule has 20 heteroatoms. The van der Waals surface area contributed by atoms with Crippen LogP contribution in [0, 0.1) is 93.1 Å². The quantitative estimate of drug-likeness (QED) is 0.0982. The van der Waals surface area contributed by atoms with Gasteiger partial charge < -0.3 is 20.9 Å². The predicted octanol–water partition coefficient (Wildman–Crippen LogP) is 8.33. The Balaban J connectivity index is 1.92. The summed E-state index contributed by atoms with van der Waals surface area (Å²) in [6.07, 6.45) is 0. The molecule has 4 aromatic rings. The Kier molecular flexibility index (Phi) is 7.90. The zero-order chi connectivity index (χ0) is 33.3. The van der Waals surface area contributed by atoms with Crippen LogP contribution in [0.25, 0.3) is 11.1 Å². The van der Waals surface area contributed by atoms with Crippen molar-refractivity contribution in [2.45, 2.75) is 0 Å². The van der Waals surface area contributed by atoms with E-state index in [0.29, 0.717) is 0 Å². The van der Waals surface area contributed by atoms with E-state index < -0.39 is 139 Å². The molecule has 0 amide bonds. The summed E-state index contributed by atoms with van der Waals surface area (Å²) in [6, 6.07) is 0. The van der Waals surface area contributed by atoms with Crippen LogP contribution in [-0.2, 0) is 0 Å². The van der Waals surface area contributed by atoms with E-state index in [-0.39, 0.29) is 0 Å². The van der Waals surface area contributed by atoms with E-state index in [4.69, 9.17) is 11.5 Å². The number of halogens is 16. The van der Waals surface area contributed by atoms with Crippen LogP contribution in [0.5, 0.6) is 23.0 Å². The molecule has 0 bridgehead atoms. The second-order valence-electron chi connectivity index (χ2n) is 8.12. The van der Waals surface area contributed by atoms with E-state index >= 15 is 0 Å². The summed E-state index contributed by atoms with van der Waals surface area (Å²) < 4.78 is 235. The van der Waals surface area contributed by atoms with Crippen LogP contribution < -0.4 is 20.9 Å². The van der Waals surface area contributed by atoms with Crippen LogP contribution in [0.4, 0.5) is 81.6 Å². The molecule has 0 spiro atoms. The fourth-order valence-electron chi connectivity index (χ4n) is 3.50. The van der Waals surface area contributed by atoms with Gasteiger partial charge in [-0.05, 0) is 0 Å². The molecule has 4 rings (SSSR count). The van der Waals surface area contributed by atoms with Crippen LogP contribution in [0.1, 0.15) is 0 Å². The summed E-state index contributed by atoms with van der Waals surface area (Å²) in [5, 5.41) is 0. The molecular formula is C24H4F16N2O2. The fourth-order valence-corrected chi connectivity index (χ4v) is 3.50. The molecule has 0 aliphatic heterocycles. The van der Waals surface area contributed by atoms with Gasteiger partial charge >= 0.3 is 0 Å². The van der Waals surface area contributed by atoms with E-state index in [2.05, 4.69) is 9.47 Å². The minimum absolute atomic E-state index is 1.83. The van der Waals surface area contributed by atoms with Gasteiger partial charge in [-0.3, -0.25) is 0 Å². The summed E-state index contributed by atoms with van der Waals surface area (Å²) in [5.41, 5.74) is 0.977. The molecule has 4 aromatic carbocycles. The number of nitrogens with two attached hydrogens (primary N) is 2. The number of rotatable bonds is 5. The number of nitrogen functional groups attached to an aromatic ring is 2. The van der Waals surface area contributed by atoms with Crippen molar-refractivity contribution in [2.75, 3.05) is 11.5 Å². The molecule has 0 aromatic heterocycles. The number of hydrogen-bond acceptors (Lipinski definition) is 4. The summed E-state index contributed by atoms with van der Waals surface area (Å²) >= 11 is 0. The zero-order valence-corrected chi connectivity index (χ0v) is 20.0. The highest BCUT2D eigenvalue weighted by atomic mass is 19.2. The van der Waals surface area contributed by atoms with E-state index in [1.807, 2.05) is 0 Å². The van der Waals surface area contributed by atoms with E-state index in [9.17, 15) is 70.2 Å². The number of hydrogen-bond donors (Lipinski definition) is 2. The van der Waals surface area contributed by atoms with Crippen molar-refractivity contribution in [3.8, 4) is 34.1 Å². The van der Waals surface area contributed by atoms with Crippen LogP contribution >= 0.6 is 0 Å². The minimum atomic E-state index is -2.97. The maximum absolute atomic E-state index is 14.8. The minimum Gasteiger partial charge on any atom is -0.445 e. The molecular weight excluding hydrogens is 652 g/mol. The lowest BCUT2D eigenvalue weighted by Crippen LogP contribution is -2.11. The second kappa shape index (κ2) is 10.9. The third-order valence-corrected chi connectivity index (χ3v) is 5.62. The smallest absolute Gasteiger partial charge is 0.206 e. The highest BCUT2D eigenvalue weighted by molar-refractivity contribution is 5.70. The van der Waals surface area contributed by atoms with Gasteiger partial charge in [0.15, 0.2) is 58.0 Å². The Morgan fingerprint density at radius 2 is 0.455 bits per heavy atom. The average molecular weight is 656 g/mol. The number of benzene rings is 4. The molecule has 0 radical (unpaired) electrons. The van der Waals surface area contributed by atoms with Gasteiger partial charge in [0.05, 0.1) is 11.1 Å². The largest absolute Gasteiger partial charge is 0.445 e. The Morgan fingerprint density at radius 1 is 0.250 bits per heavy atom. The maximum Gasteiger partial charge on any atom is 0.206 e. The van der Waals surface area contributed by atoms with Crippen molar-refractivity contribution < 1.29 is 79.7 Å². The normalized spacial score (nSPS) is 11.4. The lowest BCUT2D eigenvalue weighted by Gasteiger charge is -2.17. The first-order chi connectivity index (χ1) is 20.4. The molecule has 0 fully saturated rings. The lowest BCUT2D eigenvalue weighted by atomic mass is 10.0. The molecule has 4 nitrogen and oxygen atoms in total. The first kappa shape index (κ1) is 31.9. The van der Waals surface area contributed by atoms with Gasteiger partial charge in [0.1, 0.15) is 11.4 Å². The van der Waals surface area contributed by atoms with Crippen molar-refractivity contribution in [1.29, 1.82) is 0 Å². The average Bonchev–Trinajstić information content (AvgIpc) is 2.99. The molecule has 4 N–H and O–H groups in total. The van der Waals surface area contributed by atoms with Gasteiger partial charge in [0, 0.05) is 0 Å². The highest BCUT2D eigenvalue weighted by Crippen LogP contribution is 2.45. The van der Waals surface area contributed by atoms with Crippen molar-refractivity contribution >= 4 is 11.4 Å². The van der Waals surface area contributed by atoms with Gasteiger partial charge in [-0.25, -0.2) is 43.9 Å². The van der Waals surface area contributed by atoms with Crippen molar-refractivity contribution in [2.24, 2.45) is 0 Å². The monoisotopic (exact) mass is 656 g/mol. The van der Waals surface area contributed by atoms with Crippen molar-refractivity contribution in [1.82, 2.24) is 0 Å². The van der Waals surface area contributed by atoms with Gasteiger partial charge in [-0.2, -0.15) is 26.3 Å².